The molecule has 2 aromatic heterocycles. The molecule has 0 saturated carbocycles. The van der Waals surface area contributed by atoms with Crippen molar-refractivity contribution in [2.45, 2.75) is 13.8 Å². The molecule has 3 rings (SSSR count). The lowest BCUT2D eigenvalue weighted by molar-refractivity contribution is 0.0955. The van der Waals surface area contributed by atoms with Crippen molar-refractivity contribution in [2.24, 2.45) is 5.10 Å². The van der Waals surface area contributed by atoms with E-state index in [1.54, 1.807) is 36.7 Å². The maximum absolute atomic E-state index is 12.0. The van der Waals surface area contributed by atoms with Crippen LogP contribution in [-0.2, 0) is 0 Å². The second kappa shape index (κ2) is 7.72. The molecule has 0 spiro atoms. The fourth-order valence-electron chi connectivity index (χ4n) is 2.67. The zero-order valence-electron chi connectivity index (χ0n) is 14.2. The first-order valence-electron chi connectivity index (χ1n) is 7.85. The molecular formula is C19H16Cl2N4O. The minimum atomic E-state index is -0.316. The molecule has 132 valence electrons. The van der Waals surface area contributed by atoms with Crippen LogP contribution in [0.4, 0.5) is 0 Å². The highest BCUT2D eigenvalue weighted by atomic mass is 35.5. The summed E-state index contributed by atoms with van der Waals surface area (Å²) in [5.74, 6) is -0.316. The molecule has 1 aromatic carbocycles. The highest BCUT2D eigenvalue weighted by Gasteiger charge is 2.12. The lowest BCUT2D eigenvalue weighted by Gasteiger charge is -2.11. The van der Waals surface area contributed by atoms with Gasteiger partial charge in [-0.25, -0.2) is 5.43 Å². The minimum Gasteiger partial charge on any atom is -0.316 e. The van der Waals surface area contributed by atoms with E-state index in [9.17, 15) is 4.79 Å². The summed E-state index contributed by atoms with van der Waals surface area (Å²) in [6.45, 7) is 3.94. The summed E-state index contributed by atoms with van der Waals surface area (Å²) >= 11 is 12.3. The van der Waals surface area contributed by atoms with Crippen molar-refractivity contribution in [1.29, 1.82) is 0 Å². The minimum absolute atomic E-state index is 0.316. The number of carbonyl (C=O) groups is 1. The Bertz CT molecular complexity index is 981. The summed E-state index contributed by atoms with van der Waals surface area (Å²) < 4.78 is 2.02. The summed E-state index contributed by atoms with van der Waals surface area (Å²) in [5, 5.41) is 5.19. The molecule has 2 heterocycles. The van der Waals surface area contributed by atoms with Crippen LogP contribution in [0.25, 0.3) is 5.69 Å². The van der Waals surface area contributed by atoms with E-state index in [1.165, 1.54) is 6.20 Å². The Balaban J connectivity index is 1.83. The summed E-state index contributed by atoms with van der Waals surface area (Å²) in [6.07, 6.45) is 4.70. The van der Waals surface area contributed by atoms with Gasteiger partial charge in [-0.3, -0.25) is 9.78 Å². The van der Waals surface area contributed by atoms with Crippen molar-refractivity contribution in [3.8, 4) is 5.69 Å². The van der Waals surface area contributed by atoms with Crippen LogP contribution in [0.2, 0.25) is 10.0 Å². The number of aromatic nitrogens is 2. The number of nitrogens with one attached hydrogen (secondary N) is 1. The zero-order chi connectivity index (χ0) is 18.7. The van der Waals surface area contributed by atoms with Gasteiger partial charge in [0.1, 0.15) is 0 Å². The number of pyridine rings is 1. The van der Waals surface area contributed by atoms with Gasteiger partial charge in [-0.2, -0.15) is 5.10 Å². The molecule has 0 aliphatic heterocycles. The molecule has 0 saturated heterocycles. The van der Waals surface area contributed by atoms with Crippen LogP contribution < -0.4 is 5.43 Å². The average molecular weight is 387 g/mol. The molecule has 0 fully saturated rings. The van der Waals surface area contributed by atoms with E-state index in [0.29, 0.717) is 15.6 Å². The van der Waals surface area contributed by atoms with E-state index < -0.39 is 0 Å². The number of hydrogen-bond acceptors (Lipinski definition) is 3. The zero-order valence-corrected chi connectivity index (χ0v) is 15.7. The summed E-state index contributed by atoms with van der Waals surface area (Å²) in [5.41, 5.74) is 6.60. The van der Waals surface area contributed by atoms with Gasteiger partial charge in [0.2, 0.25) is 0 Å². The lowest BCUT2D eigenvalue weighted by Crippen LogP contribution is -2.17. The maximum Gasteiger partial charge on any atom is 0.272 e. The monoisotopic (exact) mass is 386 g/mol. The average Bonchev–Trinajstić information content (AvgIpc) is 2.90. The van der Waals surface area contributed by atoms with Gasteiger partial charge >= 0.3 is 0 Å². The van der Waals surface area contributed by atoms with Gasteiger partial charge in [0, 0.05) is 34.4 Å². The Hall–Kier alpha value is -2.63. The predicted molar refractivity (Wildman–Crippen MR) is 105 cm³/mol. The van der Waals surface area contributed by atoms with Crippen LogP contribution in [0.5, 0.6) is 0 Å². The summed E-state index contributed by atoms with van der Waals surface area (Å²) in [6, 6.07) is 10.7. The number of amides is 1. The van der Waals surface area contributed by atoms with Gasteiger partial charge in [0.25, 0.3) is 5.91 Å². The van der Waals surface area contributed by atoms with E-state index in [0.717, 1.165) is 22.6 Å². The molecule has 5 nitrogen and oxygen atoms in total. The third-order valence-corrected chi connectivity index (χ3v) is 4.45. The molecule has 7 heteroatoms. The number of aryl methyl sites for hydroxylation is 1. The molecule has 0 bridgehead atoms. The van der Waals surface area contributed by atoms with Crippen molar-refractivity contribution in [1.82, 2.24) is 15.0 Å². The first-order valence-corrected chi connectivity index (χ1v) is 8.61. The van der Waals surface area contributed by atoms with Crippen LogP contribution in [-0.4, -0.2) is 21.7 Å². The quantitative estimate of drug-likeness (QED) is 0.527. The second-order valence-corrected chi connectivity index (χ2v) is 6.54. The van der Waals surface area contributed by atoms with E-state index in [4.69, 9.17) is 23.2 Å². The molecule has 1 N–H and O–H groups in total. The van der Waals surface area contributed by atoms with Crippen molar-refractivity contribution in [3.05, 3.63) is 81.4 Å². The highest BCUT2D eigenvalue weighted by molar-refractivity contribution is 6.35. The fraction of sp³-hybridized carbons (Fsp3) is 0.105. The number of hydrogen-bond donors (Lipinski definition) is 1. The predicted octanol–water partition coefficient (Wildman–Crippen LogP) is 4.56. The van der Waals surface area contributed by atoms with E-state index >= 15 is 0 Å². The van der Waals surface area contributed by atoms with Gasteiger partial charge in [0.05, 0.1) is 22.5 Å². The van der Waals surface area contributed by atoms with Crippen molar-refractivity contribution < 1.29 is 4.79 Å². The van der Waals surface area contributed by atoms with Gasteiger partial charge in [-0.15, -0.1) is 0 Å². The Morgan fingerprint density at radius 2 is 2.04 bits per heavy atom. The smallest absolute Gasteiger partial charge is 0.272 e. The number of benzene rings is 1. The Morgan fingerprint density at radius 3 is 2.73 bits per heavy atom. The molecule has 0 aliphatic carbocycles. The summed E-state index contributed by atoms with van der Waals surface area (Å²) in [4.78, 5) is 15.9. The Kier molecular flexibility index (Phi) is 5.40. The van der Waals surface area contributed by atoms with E-state index in [-0.39, 0.29) is 5.91 Å². The fourth-order valence-corrected chi connectivity index (χ4v) is 3.17. The van der Waals surface area contributed by atoms with Gasteiger partial charge in [0.15, 0.2) is 0 Å². The van der Waals surface area contributed by atoms with Crippen LogP contribution in [0, 0.1) is 13.8 Å². The number of carbonyl (C=O) groups excluding carboxylic acids is 1. The first-order chi connectivity index (χ1) is 12.5. The molecule has 0 unspecified atom stereocenters. The number of hydrazone groups is 1. The molecule has 0 atom stereocenters. The van der Waals surface area contributed by atoms with Crippen LogP contribution >= 0.6 is 23.2 Å². The second-order valence-electron chi connectivity index (χ2n) is 5.70. The maximum atomic E-state index is 12.0. The largest absolute Gasteiger partial charge is 0.316 e. The first kappa shape index (κ1) is 18.2. The SMILES string of the molecule is Cc1cc(/C=N\NC(=O)c2cccnc2)c(C)n1-c1ccc(Cl)cc1Cl. The van der Waals surface area contributed by atoms with Gasteiger partial charge < -0.3 is 4.57 Å². The normalized spacial score (nSPS) is 11.1. The molecular weight excluding hydrogens is 371 g/mol. The molecule has 26 heavy (non-hydrogen) atoms. The third-order valence-electron chi connectivity index (χ3n) is 3.91. The lowest BCUT2D eigenvalue weighted by atomic mass is 10.2. The number of rotatable bonds is 4. The van der Waals surface area contributed by atoms with Crippen LogP contribution in [0.1, 0.15) is 27.3 Å². The highest BCUT2D eigenvalue weighted by Crippen LogP contribution is 2.28. The molecule has 0 radical (unpaired) electrons. The third kappa shape index (κ3) is 3.79. The Labute approximate surface area is 161 Å². The van der Waals surface area contributed by atoms with E-state index in [2.05, 4.69) is 15.5 Å². The molecule has 3 aromatic rings. The summed E-state index contributed by atoms with van der Waals surface area (Å²) in [7, 11) is 0. The standard InChI is InChI=1S/C19H16Cl2N4O/c1-12-8-15(11-23-24-19(26)14-4-3-7-22-10-14)13(2)25(12)18-6-5-16(20)9-17(18)21/h3-11H,1-2H3,(H,24,26)/b23-11-. The van der Waals surface area contributed by atoms with Crippen molar-refractivity contribution in [3.63, 3.8) is 0 Å². The van der Waals surface area contributed by atoms with Gasteiger partial charge in [-0.1, -0.05) is 23.2 Å². The van der Waals surface area contributed by atoms with Gasteiger partial charge in [-0.05, 0) is 50.2 Å². The molecule has 1 amide bonds. The van der Waals surface area contributed by atoms with Crippen molar-refractivity contribution in [2.75, 3.05) is 0 Å². The van der Waals surface area contributed by atoms with Crippen molar-refractivity contribution >= 4 is 35.3 Å². The van der Waals surface area contributed by atoms with Crippen LogP contribution in [0.3, 0.4) is 0 Å². The van der Waals surface area contributed by atoms with Crippen LogP contribution in [0.15, 0.2) is 53.9 Å². The Morgan fingerprint density at radius 1 is 1.23 bits per heavy atom. The topological polar surface area (TPSA) is 59.3 Å². The number of halogens is 2. The van der Waals surface area contributed by atoms with E-state index in [1.807, 2.05) is 30.5 Å². The molecule has 0 aliphatic rings. The number of nitrogens with zero attached hydrogens (tertiary/aromatic N) is 3.